The van der Waals surface area contributed by atoms with E-state index in [0.29, 0.717) is 12.2 Å². The molecule has 0 aromatic rings. The average molecular weight is 593 g/mol. The predicted molar refractivity (Wildman–Crippen MR) is 128 cm³/mol. The van der Waals surface area contributed by atoms with Crippen LogP contribution in [0.25, 0.3) is 4.13 Å². The molecule has 0 N–H and O–H groups in total. The molecule has 0 heterocycles. The molecule has 0 spiro atoms. The van der Waals surface area contributed by atoms with E-state index in [0.717, 1.165) is 15.2 Å². The highest BCUT2D eigenvalue weighted by molar-refractivity contribution is 8.13. The molecule has 0 atom stereocenters. The number of carbonyl (C=O) groups is 1. The van der Waals surface area contributed by atoms with Gasteiger partial charge in [0.25, 0.3) is 0 Å². The number of sulfonamides is 2. The molecular formula is C21H38F6N2O6S2. The van der Waals surface area contributed by atoms with Crippen LogP contribution >= 0.6 is 0 Å². The van der Waals surface area contributed by atoms with Crippen molar-refractivity contribution in [3.05, 3.63) is 16.3 Å². The Balaban J connectivity index is 0. The number of rotatable bonds is 16. The molecule has 37 heavy (non-hydrogen) atoms. The summed E-state index contributed by atoms with van der Waals surface area (Å²) in [6, 6.07) is 0. The lowest BCUT2D eigenvalue weighted by atomic mass is 10.1. The van der Waals surface area contributed by atoms with Gasteiger partial charge in [-0.2, -0.15) is 26.3 Å². The fourth-order valence-corrected chi connectivity index (χ4v) is 4.73. The molecule has 0 bridgehead atoms. The summed E-state index contributed by atoms with van der Waals surface area (Å²) in [5.74, 6) is -0.252. The summed E-state index contributed by atoms with van der Waals surface area (Å²) in [5.41, 5.74) is -11.9. The van der Waals surface area contributed by atoms with Crippen molar-refractivity contribution in [1.82, 2.24) is 0 Å². The first-order chi connectivity index (χ1) is 16.7. The molecule has 0 rings (SSSR count). The van der Waals surface area contributed by atoms with Crippen LogP contribution in [0, 0.1) is 0 Å². The summed E-state index contributed by atoms with van der Waals surface area (Å²) in [5, 5.41) is 0. The van der Waals surface area contributed by atoms with Gasteiger partial charge in [0.05, 0.1) is 19.6 Å². The van der Waals surface area contributed by atoms with Crippen LogP contribution in [0.3, 0.4) is 0 Å². The number of alkyl halides is 6. The Morgan fingerprint density at radius 2 is 1.14 bits per heavy atom. The number of esters is 1. The third-order valence-electron chi connectivity index (χ3n) is 5.14. The Hall–Kier alpha value is -1.39. The van der Waals surface area contributed by atoms with Crippen LogP contribution in [0.15, 0.2) is 12.2 Å². The van der Waals surface area contributed by atoms with Gasteiger partial charge in [-0.15, -0.1) is 0 Å². The molecule has 0 aliphatic rings. The van der Waals surface area contributed by atoms with Gasteiger partial charge in [0.1, 0.15) is 13.2 Å². The number of carbonyl (C=O) groups excluding carboxylic acids is 1. The van der Waals surface area contributed by atoms with Crippen molar-refractivity contribution in [3.8, 4) is 0 Å². The Labute approximate surface area is 216 Å². The van der Waals surface area contributed by atoms with Crippen LogP contribution < -0.4 is 0 Å². The first-order valence-electron chi connectivity index (χ1n) is 11.8. The summed E-state index contributed by atoms with van der Waals surface area (Å²) in [6.07, 6.45) is 8.79. The Morgan fingerprint density at radius 3 is 1.46 bits per heavy atom. The second kappa shape index (κ2) is 16.5. The topological polar surface area (TPSA) is 109 Å². The lowest BCUT2D eigenvalue weighted by Gasteiger charge is -2.39. The summed E-state index contributed by atoms with van der Waals surface area (Å²) in [6.45, 7) is 17.2. The van der Waals surface area contributed by atoms with Gasteiger partial charge in [0, 0.05) is 5.57 Å². The number of nitrogens with zero attached hydrogens (tertiary/aromatic N) is 2. The van der Waals surface area contributed by atoms with E-state index in [1.54, 1.807) is 6.92 Å². The highest BCUT2D eigenvalue weighted by Crippen LogP contribution is 2.36. The lowest BCUT2D eigenvalue weighted by Crippen LogP contribution is -2.52. The first-order valence-corrected chi connectivity index (χ1v) is 14.6. The molecule has 0 saturated carbocycles. The third-order valence-corrected chi connectivity index (χ3v) is 7.88. The zero-order valence-corrected chi connectivity index (χ0v) is 23.3. The number of ether oxygens (including phenoxy) is 1. The zero-order valence-electron chi connectivity index (χ0n) is 21.6. The molecule has 0 aromatic heterocycles. The van der Waals surface area contributed by atoms with Crippen LogP contribution in [0.4, 0.5) is 26.3 Å². The van der Waals surface area contributed by atoms with E-state index in [4.69, 9.17) is 4.74 Å². The first kappa shape index (κ1) is 37.8. The van der Waals surface area contributed by atoms with Crippen molar-refractivity contribution in [3.63, 3.8) is 0 Å². The van der Waals surface area contributed by atoms with Crippen molar-refractivity contribution >= 4 is 26.0 Å². The highest BCUT2D eigenvalue weighted by atomic mass is 32.3. The quantitative estimate of drug-likeness (QED) is 0.0740. The predicted octanol–water partition coefficient (Wildman–Crippen LogP) is 5.77. The minimum atomic E-state index is -6.72. The zero-order chi connectivity index (χ0) is 29.6. The maximum Gasteiger partial charge on any atom is 0.480 e. The van der Waals surface area contributed by atoms with Gasteiger partial charge >= 0.3 is 17.0 Å². The van der Waals surface area contributed by atoms with Gasteiger partial charge in [0.15, 0.2) is 20.0 Å². The van der Waals surface area contributed by atoms with Crippen molar-refractivity contribution in [2.45, 2.75) is 83.7 Å². The Kier molecular flexibility index (Phi) is 16.9. The molecule has 16 heteroatoms. The van der Waals surface area contributed by atoms with Crippen molar-refractivity contribution in [2.24, 2.45) is 0 Å². The monoisotopic (exact) mass is 592 g/mol. The van der Waals surface area contributed by atoms with Crippen LogP contribution in [0.2, 0.25) is 0 Å². The minimum absolute atomic E-state index is 0.252. The van der Waals surface area contributed by atoms with Crippen LogP contribution in [-0.4, -0.2) is 71.1 Å². The largest absolute Gasteiger partial charge is 0.480 e. The maximum absolute atomic E-state index is 11.6. The molecule has 0 amide bonds. The summed E-state index contributed by atoms with van der Waals surface area (Å²) < 4.78 is 116. The van der Waals surface area contributed by atoms with Gasteiger partial charge in [-0.1, -0.05) is 46.6 Å². The van der Waals surface area contributed by atoms with E-state index in [2.05, 4.69) is 27.4 Å². The molecule has 222 valence electrons. The molecule has 0 saturated heterocycles. The second-order valence-electron chi connectivity index (χ2n) is 8.48. The lowest BCUT2D eigenvalue weighted by molar-refractivity contribution is -0.929. The summed E-state index contributed by atoms with van der Waals surface area (Å²) in [7, 11) is -13.4. The van der Waals surface area contributed by atoms with Crippen molar-refractivity contribution in [1.29, 1.82) is 0 Å². The average Bonchev–Trinajstić information content (AvgIpc) is 2.74. The summed E-state index contributed by atoms with van der Waals surface area (Å²) >= 11 is 0. The molecule has 0 unspecified atom stereocenters. The van der Waals surface area contributed by atoms with Crippen molar-refractivity contribution in [2.75, 3.05) is 32.8 Å². The van der Waals surface area contributed by atoms with E-state index in [9.17, 15) is 48.0 Å². The molecule has 0 radical (unpaired) electrons. The fraction of sp³-hybridized carbons (Fsp3) is 0.857. The van der Waals surface area contributed by atoms with Crippen LogP contribution in [0.5, 0.6) is 0 Å². The van der Waals surface area contributed by atoms with E-state index in [-0.39, 0.29) is 5.97 Å². The molecule has 0 aliphatic heterocycles. The number of hydrogen-bond acceptors (Lipinski definition) is 6. The van der Waals surface area contributed by atoms with E-state index in [1.165, 1.54) is 64.6 Å². The van der Waals surface area contributed by atoms with Gasteiger partial charge in [-0.3, -0.25) is 0 Å². The minimum Gasteiger partial charge on any atom is -0.456 e. The van der Waals surface area contributed by atoms with Gasteiger partial charge < -0.3 is 13.3 Å². The molecule has 8 nitrogen and oxygen atoms in total. The maximum atomic E-state index is 11.6. The van der Waals surface area contributed by atoms with E-state index in [1.807, 2.05) is 0 Å². The smallest absolute Gasteiger partial charge is 0.456 e. The van der Waals surface area contributed by atoms with Gasteiger partial charge in [-0.05, 0) is 32.6 Å². The van der Waals surface area contributed by atoms with Crippen LogP contribution in [-0.2, 0) is 29.6 Å². The summed E-state index contributed by atoms with van der Waals surface area (Å²) in [4.78, 5) is 11.6. The highest BCUT2D eigenvalue weighted by Gasteiger charge is 2.46. The van der Waals surface area contributed by atoms with E-state index < -0.39 is 31.1 Å². The van der Waals surface area contributed by atoms with Crippen molar-refractivity contribution < 1.29 is 57.2 Å². The Morgan fingerprint density at radius 1 is 0.757 bits per heavy atom. The molecule has 0 aliphatic carbocycles. The molecule has 0 aromatic carbocycles. The number of halogens is 6. The second-order valence-corrected chi connectivity index (χ2v) is 11.9. The number of unbranched alkanes of at least 4 members (excludes halogenated alkanes) is 4. The standard InChI is InChI=1S/C19H38NO2.C2F6NO4S2/c1-6-9-12-15-20(13-10-7-2,14-11-8-3)16-17-22-19(21)18(4)5;3-1(4,5)14(10,11)9-15(12,13)2(6,7)8/h4,6-17H2,1-3,5H3;/q+1;-1. The number of quaternary nitrogens is 1. The normalized spacial score (nSPS) is 13.0. The van der Waals surface area contributed by atoms with Crippen LogP contribution in [0.1, 0.15) is 72.6 Å². The molecule has 0 fully saturated rings. The number of hydrogen-bond donors (Lipinski definition) is 0. The SMILES string of the molecule is C=C(C)C(=O)OCC[N+](CCCC)(CCCC)CCCCC.O=S(=O)([N-]S(=O)(=O)C(F)(F)F)C(F)(F)F. The third kappa shape index (κ3) is 15.0. The van der Waals surface area contributed by atoms with E-state index >= 15 is 0 Å². The Bertz CT molecular complexity index is 853. The van der Waals surface area contributed by atoms with Gasteiger partial charge in [-0.25, -0.2) is 21.6 Å². The van der Waals surface area contributed by atoms with Gasteiger partial charge in [0.2, 0.25) is 0 Å². The molecular weight excluding hydrogens is 554 g/mol. The fourth-order valence-electron chi connectivity index (χ4n) is 3.02.